The molecule has 1 amide bonds. The Morgan fingerprint density at radius 3 is 2.30 bits per heavy atom. The third-order valence-corrected chi connectivity index (χ3v) is 5.95. The van der Waals surface area contributed by atoms with Gasteiger partial charge in [-0.05, 0) is 43.2 Å². The topological polar surface area (TPSA) is 87.7 Å². The highest BCUT2D eigenvalue weighted by atomic mass is 32.2. The number of nitrogens with zero attached hydrogens (tertiary/aromatic N) is 1. The molecule has 0 aromatic heterocycles. The van der Waals surface area contributed by atoms with Crippen molar-refractivity contribution in [3.05, 3.63) is 47.5 Å². The first-order valence-electron chi connectivity index (χ1n) is 8.37. The van der Waals surface area contributed by atoms with E-state index in [1.807, 2.05) is 32.0 Å². The molecule has 146 valence electrons. The van der Waals surface area contributed by atoms with E-state index in [-0.39, 0.29) is 17.3 Å². The fraction of sp³-hybridized carbons (Fsp3) is 0.316. The summed E-state index contributed by atoms with van der Waals surface area (Å²) in [6.45, 7) is 3.82. The summed E-state index contributed by atoms with van der Waals surface area (Å²) in [6.07, 6.45) is 0. The smallest absolute Gasteiger partial charge is 0.243 e. The molecule has 0 saturated heterocycles. The Bertz CT molecular complexity index is 920. The monoisotopic (exact) mass is 391 g/mol. The molecule has 0 aliphatic heterocycles. The minimum atomic E-state index is -3.59. The van der Waals surface area contributed by atoms with E-state index >= 15 is 0 Å². The molecule has 2 N–H and O–H groups in total. The lowest BCUT2D eigenvalue weighted by Crippen LogP contribution is -2.24. The van der Waals surface area contributed by atoms with Crippen molar-refractivity contribution in [2.24, 2.45) is 0 Å². The van der Waals surface area contributed by atoms with E-state index in [1.165, 1.54) is 33.3 Å². The van der Waals surface area contributed by atoms with E-state index in [2.05, 4.69) is 10.6 Å². The number of ether oxygens (including phenoxy) is 1. The number of sulfonamides is 1. The molecule has 0 saturated carbocycles. The molecule has 8 heteroatoms. The van der Waals surface area contributed by atoms with Gasteiger partial charge in [0.25, 0.3) is 0 Å². The van der Waals surface area contributed by atoms with Gasteiger partial charge in [0.05, 0.1) is 24.2 Å². The van der Waals surface area contributed by atoms with Crippen molar-refractivity contribution >= 4 is 27.3 Å². The number of anilines is 2. The van der Waals surface area contributed by atoms with Crippen LogP contribution in [0, 0.1) is 13.8 Å². The van der Waals surface area contributed by atoms with E-state index < -0.39 is 10.0 Å². The number of nitrogens with one attached hydrogen (secondary N) is 2. The van der Waals surface area contributed by atoms with Crippen molar-refractivity contribution < 1.29 is 17.9 Å². The first-order valence-corrected chi connectivity index (χ1v) is 9.81. The Hall–Kier alpha value is -2.58. The normalized spacial score (nSPS) is 11.3. The van der Waals surface area contributed by atoms with Crippen LogP contribution in [0.5, 0.6) is 5.75 Å². The van der Waals surface area contributed by atoms with Gasteiger partial charge in [-0.15, -0.1) is 0 Å². The lowest BCUT2D eigenvalue weighted by Gasteiger charge is -2.16. The molecular weight excluding hydrogens is 366 g/mol. The van der Waals surface area contributed by atoms with Gasteiger partial charge in [-0.25, -0.2) is 12.7 Å². The number of carbonyl (C=O) groups is 1. The lowest BCUT2D eigenvalue weighted by atomic mass is 10.1. The van der Waals surface area contributed by atoms with Crippen molar-refractivity contribution in [1.29, 1.82) is 0 Å². The van der Waals surface area contributed by atoms with Crippen molar-refractivity contribution in [3.8, 4) is 5.75 Å². The first kappa shape index (κ1) is 20.7. The molecule has 0 heterocycles. The van der Waals surface area contributed by atoms with Gasteiger partial charge in [-0.2, -0.15) is 0 Å². The van der Waals surface area contributed by atoms with Crippen molar-refractivity contribution in [1.82, 2.24) is 4.31 Å². The van der Waals surface area contributed by atoms with Gasteiger partial charge >= 0.3 is 0 Å². The standard InChI is InChI=1S/C19H25N3O4S/c1-13-7-6-8-14(2)19(13)21-18(23)12-20-16-11-15(9-10-17(16)26-5)27(24,25)22(3)4/h6-11,20H,12H2,1-5H3,(H,21,23). The van der Waals surface area contributed by atoms with Gasteiger partial charge in [0.15, 0.2) is 0 Å². The zero-order chi connectivity index (χ0) is 20.2. The van der Waals surface area contributed by atoms with E-state index in [0.29, 0.717) is 11.4 Å². The van der Waals surface area contributed by atoms with Gasteiger partial charge < -0.3 is 15.4 Å². The Kier molecular flexibility index (Phi) is 6.45. The van der Waals surface area contributed by atoms with Crippen LogP contribution in [0.3, 0.4) is 0 Å². The van der Waals surface area contributed by atoms with Crippen LogP contribution in [0.1, 0.15) is 11.1 Å². The Balaban J connectivity index is 2.18. The average molecular weight is 391 g/mol. The van der Waals surface area contributed by atoms with Gasteiger partial charge in [0, 0.05) is 19.8 Å². The summed E-state index contributed by atoms with van der Waals surface area (Å²) in [4.78, 5) is 12.5. The number of aryl methyl sites for hydroxylation is 2. The van der Waals surface area contributed by atoms with E-state index in [0.717, 1.165) is 21.1 Å². The predicted octanol–water partition coefficient (Wildman–Crippen LogP) is 2.61. The summed E-state index contributed by atoms with van der Waals surface area (Å²) in [5.74, 6) is 0.211. The van der Waals surface area contributed by atoms with Crippen molar-refractivity contribution in [2.45, 2.75) is 18.7 Å². The fourth-order valence-corrected chi connectivity index (χ4v) is 3.50. The Morgan fingerprint density at radius 2 is 1.74 bits per heavy atom. The third-order valence-electron chi connectivity index (χ3n) is 4.13. The van der Waals surface area contributed by atoms with Crippen LogP contribution in [0.4, 0.5) is 11.4 Å². The second kappa shape index (κ2) is 8.41. The highest BCUT2D eigenvalue weighted by Gasteiger charge is 2.19. The Morgan fingerprint density at radius 1 is 1.11 bits per heavy atom. The fourth-order valence-electron chi connectivity index (χ4n) is 2.57. The number of carbonyl (C=O) groups excluding carboxylic acids is 1. The molecule has 2 aromatic carbocycles. The number of hydrogen-bond donors (Lipinski definition) is 2. The summed E-state index contributed by atoms with van der Waals surface area (Å²) in [5, 5.41) is 5.84. The van der Waals surface area contributed by atoms with E-state index in [1.54, 1.807) is 6.07 Å². The Labute approximate surface area is 160 Å². The van der Waals surface area contributed by atoms with E-state index in [4.69, 9.17) is 4.74 Å². The number of benzene rings is 2. The maximum Gasteiger partial charge on any atom is 0.243 e. The zero-order valence-corrected chi connectivity index (χ0v) is 17.0. The molecule has 0 atom stereocenters. The zero-order valence-electron chi connectivity index (χ0n) is 16.2. The molecule has 0 radical (unpaired) electrons. The summed E-state index contributed by atoms with van der Waals surface area (Å²) in [7, 11) is 0.824. The molecule has 0 aliphatic rings. The molecule has 0 spiro atoms. The average Bonchev–Trinajstić information content (AvgIpc) is 2.62. The largest absolute Gasteiger partial charge is 0.495 e. The minimum absolute atomic E-state index is 0.0321. The van der Waals surface area contributed by atoms with Gasteiger partial charge in [0.2, 0.25) is 15.9 Å². The van der Waals surface area contributed by atoms with Gasteiger partial charge in [0.1, 0.15) is 5.75 Å². The molecule has 2 rings (SSSR count). The molecule has 7 nitrogen and oxygen atoms in total. The number of amides is 1. The SMILES string of the molecule is COc1ccc(S(=O)(=O)N(C)C)cc1NCC(=O)Nc1c(C)cccc1C. The predicted molar refractivity (Wildman–Crippen MR) is 107 cm³/mol. The molecule has 27 heavy (non-hydrogen) atoms. The van der Waals surface area contributed by atoms with E-state index in [9.17, 15) is 13.2 Å². The minimum Gasteiger partial charge on any atom is -0.495 e. The van der Waals surface area contributed by atoms with Gasteiger partial charge in [-0.3, -0.25) is 4.79 Å². The van der Waals surface area contributed by atoms with Crippen LogP contribution in [0.25, 0.3) is 0 Å². The maximum absolute atomic E-state index is 12.3. The quantitative estimate of drug-likeness (QED) is 0.758. The highest BCUT2D eigenvalue weighted by Crippen LogP contribution is 2.28. The first-order chi connectivity index (χ1) is 12.7. The van der Waals surface area contributed by atoms with Crippen molar-refractivity contribution in [3.63, 3.8) is 0 Å². The highest BCUT2D eigenvalue weighted by molar-refractivity contribution is 7.89. The third kappa shape index (κ3) is 4.78. The molecule has 0 unspecified atom stereocenters. The molecule has 2 aromatic rings. The molecular formula is C19H25N3O4S. The number of methoxy groups -OCH3 is 1. The summed E-state index contributed by atoms with van der Waals surface area (Å²) in [5.41, 5.74) is 3.15. The van der Waals surface area contributed by atoms with Crippen LogP contribution in [0.15, 0.2) is 41.3 Å². The number of para-hydroxylation sites is 1. The number of rotatable bonds is 7. The molecule has 0 fully saturated rings. The van der Waals surface area contributed by atoms with Gasteiger partial charge in [-0.1, -0.05) is 18.2 Å². The summed E-state index contributed by atoms with van der Waals surface area (Å²) >= 11 is 0. The summed E-state index contributed by atoms with van der Waals surface area (Å²) < 4.78 is 31.0. The van der Waals surface area contributed by atoms with Crippen LogP contribution in [-0.4, -0.2) is 46.4 Å². The molecule has 0 aliphatic carbocycles. The van der Waals surface area contributed by atoms with Crippen LogP contribution in [-0.2, 0) is 14.8 Å². The van der Waals surface area contributed by atoms with Crippen LogP contribution < -0.4 is 15.4 Å². The number of hydrogen-bond acceptors (Lipinski definition) is 5. The van der Waals surface area contributed by atoms with Crippen molar-refractivity contribution in [2.75, 3.05) is 38.4 Å². The second-order valence-corrected chi connectivity index (χ2v) is 8.47. The van der Waals surface area contributed by atoms with Crippen LogP contribution >= 0.6 is 0 Å². The second-order valence-electron chi connectivity index (χ2n) is 6.32. The summed E-state index contributed by atoms with van der Waals surface area (Å²) in [6, 6.07) is 10.3. The molecule has 0 bridgehead atoms. The van der Waals surface area contributed by atoms with Crippen LogP contribution in [0.2, 0.25) is 0 Å². The lowest BCUT2D eigenvalue weighted by molar-refractivity contribution is -0.114. The maximum atomic E-state index is 12.3.